The quantitative estimate of drug-likeness (QED) is 0.766. The summed E-state index contributed by atoms with van der Waals surface area (Å²) in [7, 11) is 0. The van der Waals surface area contributed by atoms with E-state index >= 15 is 0 Å². The third-order valence-electron chi connectivity index (χ3n) is 4.83. The van der Waals surface area contributed by atoms with Crippen LogP contribution in [0.15, 0.2) is 36.4 Å². The van der Waals surface area contributed by atoms with Gasteiger partial charge in [0.1, 0.15) is 0 Å². The molecule has 2 aliphatic rings. The Balaban J connectivity index is 1.40. The van der Waals surface area contributed by atoms with Gasteiger partial charge in [-0.1, -0.05) is 29.8 Å². The Bertz CT molecular complexity index is 558. The highest BCUT2D eigenvalue weighted by Gasteiger charge is 2.19. The van der Waals surface area contributed by atoms with Crippen LogP contribution in [0.25, 0.3) is 0 Å². The topological polar surface area (TPSA) is 26.8 Å². The van der Waals surface area contributed by atoms with Crippen molar-refractivity contribution < 1.29 is 4.79 Å². The number of carbonyl (C=O) groups excluding carboxylic acids is 1. The molecule has 0 aliphatic carbocycles. The van der Waals surface area contributed by atoms with E-state index in [4.69, 9.17) is 11.6 Å². The molecule has 0 atom stereocenters. The number of hydrogen-bond donors (Lipinski definition) is 0. The molecular formula is C19H26ClN3O. The normalized spacial score (nSPS) is 20.1. The van der Waals surface area contributed by atoms with E-state index in [1.165, 1.54) is 31.5 Å². The van der Waals surface area contributed by atoms with E-state index < -0.39 is 0 Å². The second-order valence-corrected chi connectivity index (χ2v) is 7.07. The lowest BCUT2D eigenvalue weighted by Gasteiger charge is -2.34. The fraction of sp³-hybridized carbons (Fsp3) is 0.526. The lowest BCUT2D eigenvalue weighted by molar-refractivity contribution is -0.127. The summed E-state index contributed by atoms with van der Waals surface area (Å²) in [6, 6.07) is 8.01. The van der Waals surface area contributed by atoms with Crippen LogP contribution in [0.5, 0.6) is 0 Å². The first-order valence-corrected chi connectivity index (χ1v) is 9.23. The lowest BCUT2D eigenvalue weighted by atomic mass is 10.2. The van der Waals surface area contributed by atoms with Gasteiger partial charge in [-0.05, 0) is 43.6 Å². The van der Waals surface area contributed by atoms with E-state index in [-0.39, 0.29) is 5.91 Å². The van der Waals surface area contributed by atoms with Crippen LogP contribution < -0.4 is 0 Å². The Morgan fingerprint density at radius 3 is 2.29 bits per heavy atom. The number of hydrogen-bond acceptors (Lipinski definition) is 3. The van der Waals surface area contributed by atoms with Crippen LogP contribution in [0.2, 0.25) is 5.02 Å². The van der Waals surface area contributed by atoms with E-state index in [0.29, 0.717) is 0 Å². The molecule has 4 nitrogen and oxygen atoms in total. The van der Waals surface area contributed by atoms with E-state index in [1.54, 1.807) is 6.08 Å². The van der Waals surface area contributed by atoms with Crippen molar-refractivity contribution in [2.75, 3.05) is 45.8 Å². The Labute approximate surface area is 149 Å². The van der Waals surface area contributed by atoms with Crippen molar-refractivity contribution in [3.8, 4) is 0 Å². The summed E-state index contributed by atoms with van der Waals surface area (Å²) in [5, 5.41) is 0.773. The van der Waals surface area contributed by atoms with E-state index in [0.717, 1.165) is 44.3 Å². The zero-order valence-corrected chi connectivity index (χ0v) is 14.9. The average molecular weight is 348 g/mol. The van der Waals surface area contributed by atoms with Crippen molar-refractivity contribution in [2.24, 2.45) is 0 Å². The van der Waals surface area contributed by atoms with Gasteiger partial charge in [-0.2, -0.15) is 0 Å². The van der Waals surface area contributed by atoms with Crippen molar-refractivity contribution in [1.82, 2.24) is 14.7 Å². The predicted molar refractivity (Wildman–Crippen MR) is 98.1 cm³/mol. The van der Waals surface area contributed by atoms with Gasteiger partial charge in [0.2, 0.25) is 5.91 Å². The van der Waals surface area contributed by atoms with Crippen LogP contribution in [0.1, 0.15) is 18.4 Å². The van der Waals surface area contributed by atoms with Gasteiger partial charge in [0, 0.05) is 50.4 Å². The van der Waals surface area contributed by atoms with Gasteiger partial charge in [0.15, 0.2) is 0 Å². The van der Waals surface area contributed by atoms with Crippen molar-refractivity contribution >= 4 is 17.5 Å². The fourth-order valence-electron chi connectivity index (χ4n) is 3.35. The third kappa shape index (κ3) is 5.07. The van der Waals surface area contributed by atoms with Crippen molar-refractivity contribution in [1.29, 1.82) is 0 Å². The molecule has 1 aromatic carbocycles. The van der Waals surface area contributed by atoms with Gasteiger partial charge in [0.25, 0.3) is 0 Å². The summed E-state index contributed by atoms with van der Waals surface area (Å²) >= 11 is 5.92. The monoisotopic (exact) mass is 347 g/mol. The second-order valence-electron chi connectivity index (χ2n) is 6.64. The first-order chi connectivity index (χ1) is 11.7. The summed E-state index contributed by atoms with van der Waals surface area (Å²) in [5.74, 6) is 0.153. The summed E-state index contributed by atoms with van der Waals surface area (Å²) in [4.78, 5) is 19.0. The van der Waals surface area contributed by atoms with Crippen LogP contribution in [0.3, 0.4) is 0 Å². The first-order valence-electron chi connectivity index (χ1n) is 8.85. The molecule has 3 rings (SSSR count). The number of rotatable bonds is 5. The molecule has 2 saturated heterocycles. The number of piperazine rings is 1. The van der Waals surface area contributed by atoms with Crippen LogP contribution >= 0.6 is 11.6 Å². The van der Waals surface area contributed by atoms with Gasteiger partial charge in [0.05, 0.1) is 0 Å². The van der Waals surface area contributed by atoms with Crippen LogP contribution in [-0.2, 0) is 11.3 Å². The molecule has 0 N–H and O–H groups in total. The number of likely N-dealkylation sites (tertiary alicyclic amines) is 1. The Hall–Kier alpha value is -1.36. The zero-order valence-electron chi connectivity index (χ0n) is 14.2. The minimum Gasteiger partial charge on any atom is -0.337 e. The van der Waals surface area contributed by atoms with Crippen molar-refractivity contribution in [2.45, 2.75) is 19.4 Å². The molecular weight excluding hydrogens is 322 g/mol. The highest BCUT2D eigenvalue weighted by atomic mass is 35.5. The van der Waals surface area contributed by atoms with E-state index in [9.17, 15) is 4.79 Å². The molecule has 0 aromatic heterocycles. The van der Waals surface area contributed by atoms with Gasteiger partial charge in [-0.25, -0.2) is 0 Å². The fourth-order valence-corrected chi connectivity index (χ4v) is 3.47. The van der Waals surface area contributed by atoms with Gasteiger partial charge in [-0.15, -0.1) is 0 Å². The predicted octanol–water partition coefficient (Wildman–Crippen LogP) is 2.64. The molecule has 24 heavy (non-hydrogen) atoms. The maximum absolute atomic E-state index is 12.3. The summed E-state index contributed by atoms with van der Waals surface area (Å²) in [5.41, 5.74) is 1.27. The summed E-state index contributed by atoms with van der Waals surface area (Å²) < 4.78 is 0. The smallest absolute Gasteiger partial charge is 0.246 e. The third-order valence-corrected chi connectivity index (χ3v) is 5.08. The second kappa shape index (κ2) is 8.65. The Morgan fingerprint density at radius 1 is 0.958 bits per heavy atom. The van der Waals surface area contributed by atoms with Crippen LogP contribution in [0.4, 0.5) is 0 Å². The van der Waals surface area contributed by atoms with E-state index in [1.807, 2.05) is 23.1 Å². The maximum Gasteiger partial charge on any atom is 0.246 e. The van der Waals surface area contributed by atoms with Crippen LogP contribution in [-0.4, -0.2) is 66.4 Å². The Morgan fingerprint density at radius 2 is 1.62 bits per heavy atom. The molecule has 1 aromatic rings. The van der Waals surface area contributed by atoms with Crippen LogP contribution in [0, 0.1) is 0 Å². The molecule has 0 bridgehead atoms. The average Bonchev–Trinajstić information content (AvgIpc) is 3.11. The maximum atomic E-state index is 12.3. The lowest BCUT2D eigenvalue weighted by Crippen LogP contribution is -2.47. The standard InChI is InChI=1S/C19H26ClN3O/c20-18-7-5-17(6-8-18)16-22-12-14-23(15-13-22)19(24)4-3-11-21-9-1-2-10-21/h3-8H,1-2,9-16H2/b4-3+. The molecule has 2 heterocycles. The van der Waals surface area contributed by atoms with Gasteiger partial charge >= 0.3 is 0 Å². The van der Waals surface area contributed by atoms with Gasteiger partial charge in [-0.3, -0.25) is 14.6 Å². The minimum absolute atomic E-state index is 0.153. The Kier molecular flexibility index (Phi) is 6.30. The van der Waals surface area contributed by atoms with Crippen molar-refractivity contribution in [3.05, 3.63) is 47.0 Å². The SMILES string of the molecule is O=C(/C=C/CN1CCCC1)N1CCN(Cc2ccc(Cl)cc2)CC1. The highest BCUT2D eigenvalue weighted by molar-refractivity contribution is 6.30. The molecule has 1 amide bonds. The number of amides is 1. The number of halogens is 1. The van der Waals surface area contributed by atoms with Gasteiger partial charge < -0.3 is 4.90 Å². The molecule has 0 unspecified atom stereocenters. The highest BCUT2D eigenvalue weighted by Crippen LogP contribution is 2.13. The molecule has 2 aliphatic heterocycles. The van der Waals surface area contributed by atoms with Crippen molar-refractivity contribution in [3.63, 3.8) is 0 Å². The molecule has 2 fully saturated rings. The molecule has 130 valence electrons. The molecule has 0 spiro atoms. The molecule has 0 saturated carbocycles. The molecule has 0 radical (unpaired) electrons. The number of benzene rings is 1. The minimum atomic E-state index is 0.153. The largest absolute Gasteiger partial charge is 0.337 e. The number of carbonyl (C=O) groups is 1. The summed E-state index contributed by atoms with van der Waals surface area (Å²) in [6.07, 6.45) is 6.36. The number of nitrogens with zero attached hydrogens (tertiary/aromatic N) is 3. The first kappa shape index (κ1) is 17.5. The van der Waals surface area contributed by atoms with E-state index in [2.05, 4.69) is 21.9 Å². The molecule has 5 heteroatoms. The zero-order chi connectivity index (χ0) is 16.8. The summed E-state index contributed by atoms with van der Waals surface area (Å²) in [6.45, 7) is 7.62.